The van der Waals surface area contributed by atoms with Crippen molar-refractivity contribution in [3.8, 4) is 0 Å². The highest BCUT2D eigenvalue weighted by Gasteiger charge is 2.10. The molecule has 0 saturated heterocycles. The van der Waals surface area contributed by atoms with E-state index in [1.54, 1.807) is 19.2 Å². The van der Waals surface area contributed by atoms with Crippen LogP contribution in [0.5, 0.6) is 0 Å². The van der Waals surface area contributed by atoms with Crippen molar-refractivity contribution in [2.45, 2.75) is 13.5 Å². The fourth-order valence-electron chi connectivity index (χ4n) is 1.46. The maximum absolute atomic E-state index is 10.7. The third-order valence-electron chi connectivity index (χ3n) is 2.27. The van der Waals surface area contributed by atoms with Gasteiger partial charge in [-0.3, -0.25) is 10.1 Å². The molecule has 0 aromatic carbocycles. The average molecular weight is 280 g/mol. The summed E-state index contributed by atoms with van der Waals surface area (Å²) in [7, 11) is 0. The number of nitro groups is 1. The van der Waals surface area contributed by atoms with E-state index in [1.165, 1.54) is 12.1 Å². The third-order valence-corrected chi connectivity index (χ3v) is 2.47. The molecule has 0 aliphatic rings. The molecule has 0 amide bonds. The van der Waals surface area contributed by atoms with E-state index in [2.05, 4.69) is 20.3 Å². The summed E-state index contributed by atoms with van der Waals surface area (Å²) < 4.78 is 0. The zero-order valence-electron chi connectivity index (χ0n) is 10.00. The molecular weight excluding hydrogens is 270 g/mol. The zero-order chi connectivity index (χ0) is 13.8. The lowest BCUT2D eigenvalue weighted by molar-refractivity contribution is -0.384. The first-order valence-electron chi connectivity index (χ1n) is 5.39. The number of hydrogen-bond acceptors (Lipinski definition) is 6. The van der Waals surface area contributed by atoms with Gasteiger partial charge in [-0.25, -0.2) is 15.0 Å². The van der Waals surface area contributed by atoms with E-state index in [1.807, 2.05) is 0 Å². The van der Waals surface area contributed by atoms with E-state index >= 15 is 0 Å². The van der Waals surface area contributed by atoms with Crippen LogP contribution in [0.3, 0.4) is 0 Å². The molecule has 19 heavy (non-hydrogen) atoms. The summed E-state index contributed by atoms with van der Waals surface area (Å²) in [5, 5.41) is 13.7. The molecule has 0 spiro atoms. The molecule has 2 aromatic rings. The maximum atomic E-state index is 10.7. The number of hydrogen-bond donors (Lipinski definition) is 1. The number of anilines is 1. The molecule has 1 N–H and O–H groups in total. The van der Waals surface area contributed by atoms with Crippen LogP contribution in [-0.4, -0.2) is 19.9 Å². The minimum Gasteiger partial charge on any atom is -0.364 e. The predicted molar refractivity (Wildman–Crippen MR) is 70.0 cm³/mol. The molecule has 7 nitrogen and oxygen atoms in total. The summed E-state index contributed by atoms with van der Waals surface area (Å²) in [6.07, 6.45) is 1.65. The fraction of sp³-hybridized carbons (Fsp3) is 0.182. The average Bonchev–Trinajstić information content (AvgIpc) is 2.36. The fourth-order valence-corrected chi connectivity index (χ4v) is 1.67. The van der Waals surface area contributed by atoms with Gasteiger partial charge in [0.25, 0.3) is 5.69 Å². The van der Waals surface area contributed by atoms with Crippen LogP contribution in [0.25, 0.3) is 0 Å². The first-order valence-corrected chi connectivity index (χ1v) is 5.77. The molecule has 0 aliphatic carbocycles. The smallest absolute Gasteiger partial charge is 0.276 e. The normalized spacial score (nSPS) is 10.2. The van der Waals surface area contributed by atoms with Crippen molar-refractivity contribution in [2.24, 2.45) is 0 Å². The Balaban J connectivity index is 2.13. The highest BCUT2D eigenvalue weighted by Crippen LogP contribution is 2.20. The number of aromatic nitrogens is 3. The van der Waals surface area contributed by atoms with Crippen LogP contribution in [0.4, 0.5) is 11.5 Å². The van der Waals surface area contributed by atoms with Crippen molar-refractivity contribution in [1.29, 1.82) is 0 Å². The van der Waals surface area contributed by atoms with Crippen LogP contribution < -0.4 is 5.32 Å². The molecule has 2 aromatic heterocycles. The van der Waals surface area contributed by atoms with Crippen molar-refractivity contribution in [3.63, 3.8) is 0 Å². The van der Waals surface area contributed by atoms with Gasteiger partial charge < -0.3 is 5.32 Å². The number of nitrogens with one attached hydrogen (secondary N) is 1. The monoisotopic (exact) mass is 279 g/mol. The molecule has 98 valence electrons. The Kier molecular flexibility index (Phi) is 3.86. The summed E-state index contributed by atoms with van der Waals surface area (Å²) in [5.41, 5.74) is 0.651. The summed E-state index contributed by atoms with van der Waals surface area (Å²) in [6.45, 7) is 2.17. The Morgan fingerprint density at radius 3 is 2.89 bits per heavy atom. The van der Waals surface area contributed by atoms with Crippen LogP contribution in [-0.2, 0) is 6.54 Å². The summed E-state index contributed by atoms with van der Waals surface area (Å²) >= 11 is 5.72. The van der Waals surface area contributed by atoms with E-state index in [4.69, 9.17) is 11.6 Å². The lowest BCUT2D eigenvalue weighted by Gasteiger charge is -2.05. The molecule has 0 aliphatic heterocycles. The lowest BCUT2D eigenvalue weighted by Crippen LogP contribution is -2.05. The lowest BCUT2D eigenvalue weighted by atomic mass is 10.3. The third kappa shape index (κ3) is 3.59. The van der Waals surface area contributed by atoms with Gasteiger partial charge >= 0.3 is 0 Å². The number of rotatable bonds is 4. The second-order valence-electron chi connectivity index (χ2n) is 3.74. The van der Waals surface area contributed by atoms with Gasteiger partial charge in [0.2, 0.25) is 0 Å². The van der Waals surface area contributed by atoms with Crippen molar-refractivity contribution >= 4 is 23.1 Å². The van der Waals surface area contributed by atoms with E-state index < -0.39 is 4.92 Å². The Bertz CT molecular complexity index is 620. The first kappa shape index (κ1) is 13.2. The first-order chi connectivity index (χ1) is 9.04. The van der Waals surface area contributed by atoms with E-state index in [9.17, 15) is 10.1 Å². The molecule has 0 atom stereocenters. The second kappa shape index (κ2) is 5.57. The van der Waals surface area contributed by atoms with Crippen LogP contribution in [0.1, 0.15) is 11.5 Å². The van der Waals surface area contributed by atoms with Gasteiger partial charge in [-0.1, -0.05) is 11.6 Å². The van der Waals surface area contributed by atoms with Gasteiger partial charge in [0, 0.05) is 6.20 Å². The second-order valence-corrected chi connectivity index (χ2v) is 4.13. The van der Waals surface area contributed by atoms with Crippen molar-refractivity contribution in [3.05, 3.63) is 51.2 Å². The van der Waals surface area contributed by atoms with Gasteiger partial charge in [0.15, 0.2) is 0 Å². The number of pyridine rings is 1. The molecular formula is C11H10ClN5O2. The summed E-state index contributed by atoms with van der Waals surface area (Å²) in [4.78, 5) is 22.3. The predicted octanol–water partition coefficient (Wildman–Crippen LogP) is 2.35. The molecule has 0 bridgehead atoms. The van der Waals surface area contributed by atoms with Gasteiger partial charge in [-0.05, 0) is 13.0 Å². The Labute approximate surface area is 113 Å². The minimum atomic E-state index is -0.520. The number of nitrogens with zero attached hydrogens (tertiary/aromatic N) is 4. The van der Waals surface area contributed by atoms with Gasteiger partial charge in [-0.2, -0.15) is 0 Å². The molecule has 2 rings (SSSR count). The van der Waals surface area contributed by atoms with Gasteiger partial charge in [-0.15, -0.1) is 0 Å². The maximum Gasteiger partial charge on any atom is 0.276 e. The Morgan fingerprint density at radius 2 is 2.21 bits per heavy atom. The quantitative estimate of drug-likeness (QED) is 0.524. The molecule has 2 heterocycles. The van der Waals surface area contributed by atoms with Gasteiger partial charge in [0.1, 0.15) is 16.8 Å². The summed E-state index contributed by atoms with van der Waals surface area (Å²) in [6, 6.07) is 4.26. The van der Waals surface area contributed by atoms with Crippen molar-refractivity contribution < 1.29 is 4.92 Å². The van der Waals surface area contributed by atoms with E-state index in [-0.39, 0.29) is 10.8 Å². The van der Waals surface area contributed by atoms with Crippen LogP contribution in [0, 0.1) is 17.0 Å². The highest BCUT2D eigenvalue weighted by atomic mass is 35.5. The van der Waals surface area contributed by atoms with E-state index in [0.717, 1.165) is 5.69 Å². The van der Waals surface area contributed by atoms with E-state index in [0.29, 0.717) is 18.2 Å². The molecule has 0 unspecified atom stereocenters. The molecule has 8 heteroatoms. The van der Waals surface area contributed by atoms with Crippen molar-refractivity contribution in [1.82, 2.24) is 15.0 Å². The molecule has 0 fully saturated rings. The Morgan fingerprint density at radius 1 is 1.42 bits per heavy atom. The van der Waals surface area contributed by atoms with Crippen LogP contribution in [0.15, 0.2) is 24.4 Å². The highest BCUT2D eigenvalue weighted by molar-refractivity contribution is 6.29. The zero-order valence-corrected chi connectivity index (χ0v) is 10.8. The number of halogens is 1. The SMILES string of the molecule is Cc1nccc(CNc2cc([N+](=O)[O-])cc(Cl)n2)n1. The largest absolute Gasteiger partial charge is 0.364 e. The topological polar surface area (TPSA) is 93.8 Å². The van der Waals surface area contributed by atoms with Crippen LogP contribution in [0.2, 0.25) is 5.15 Å². The standard InChI is InChI=1S/C11H10ClN5O2/c1-7-13-3-2-8(15-7)6-14-11-5-9(17(18)19)4-10(12)16-11/h2-5H,6H2,1H3,(H,14,16). The van der Waals surface area contributed by atoms with Gasteiger partial charge in [0.05, 0.1) is 29.3 Å². The molecule has 0 radical (unpaired) electrons. The number of aryl methyl sites for hydroxylation is 1. The summed E-state index contributed by atoms with van der Waals surface area (Å²) in [5.74, 6) is 0.986. The van der Waals surface area contributed by atoms with Crippen molar-refractivity contribution in [2.75, 3.05) is 5.32 Å². The Hall–Kier alpha value is -2.28. The minimum absolute atomic E-state index is 0.0653. The van der Waals surface area contributed by atoms with Crippen LogP contribution >= 0.6 is 11.6 Å². The molecule has 0 saturated carbocycles.